The summed E-state index contributed by atoms with van der Waals surface area (Å²) in [6, 6.07) is 13.6. The Morgan fingerprint density at radius 1 is 1.20 bits per heavy atom. The van der Waals surface area contributed by atoms with Gasteiger partial charge in [-0.2, -0.15) is 0 Å². The van der Waals surface area contributed by atoms with Crippen LogP contribution in [0, 0.1) is 0 Å². The van der Waals surface area contributed by atoms with Crippen LogP contribution in [-0.4, -0.2) is 20.8 Å². The Bertz CT molecular complexity index is 531. The maximum atomic E-state index is 5.21. The summed E-state index contributed by atoms with van der Waals surface area (Å²) in [7, 11) is 3.78. The van der Waals surface area contributed by atoms with Crippen LogP contribution in [0.15, 0.2) is 36.4 Å². The Balaban J connectivity index is 2.27. The zero-order chi connectivity index (χ0) is 14.4. The second kappa shape index (κ2) is 7.58. The molecule has 0 spiro atoms. The van der Waals surface area contributed by atoms with Gasteiger partial charge < -0.3 is 10.1 Å². The highest BCUT2D eigenvalue weighted by Gasteiger charge is 2.12. The van der Waals surface area contributed by atoms with Crippen LogP contribution < -0.4 is 5.32 Å². The molecule has 1 N–H and O–H groups in total. The molecule has 0 saturated carbocycles. The molecule has 0 aliphatic rings. The van der Waals surface area contributed by atoms with E-state index in [2.05, 4.69) is 48.6 Å². The number of benzene rings is 1. The third-order valence-electron chi connectivity index (χ3n) is 3.59. The lowest BCUT2D eigenvalue weighted by molar-refractivity contribution is 0.202. The third-order valence-corrected chi connectivity index (χ3v) is 4.82. The molecule has 1 unspecified atom stereocenters. The van der Waals surface area contributed by atoms with E-state index in [4.69, 9.17) is 4.74 Å². The molecule has 0 aliphatic heterocycles. The molecule has 1 aromatic carbocycles. The predicted octanol–water partition coefficient (Wildman–Crippen LogP) is 4.27. The van der Waals surface area contributed by atoms with Crippen LogP contribution in [0.3, 0.4) is 0 Å². The molecule has 1 atom stereocenters. The first-order chi connectivity index (χ1) is 9.80. The SMILES string of the molecule is CCC(NC)c1ccc(-c2ccccc2CCOC)s1. The van der Waals surface area contributed by atoms with Gasteiger partial charge in [-0.1, -0.05) is 31.2 Å². The molecule has 0 radical (unpaired) electrons. The van der Waals surface area contributed by atoms with Gasteiger partial charge in [-0.25, -0.2) is 0 Å². The fraction of sp³-hybridized carbons (Fsp3) is 0.412. The standard InChI is InChI=1S/C17H23NOS/c1-4-15(18-2)17-10-9-16(20-17)14-8-6-5-7-13(14)11-12-19-3/h5-10,15,18H,4,11-12H2,1-3H3. The Morgan fingerprint density at radius 3 is 2.70 bits per heavy atom. The molecule has 3 heteroatoms. The molecule has 0 fully saturated rings. The molecule has 0 saturated heterocycles. The van der Waals surface area contributed by atoms with Crippen LogP contribution in [0.25, 0.3) is 10.4 Å². The molecule has 20 heavy (non-hydrogen) atoms. The predicted molar refractivity (Wildman–Crippen MR) is 87.4 cm³/mol. The number of nitrogens with one attached hydrogen (secondary N) is 1. The van der Waals surface area contributed by atoms with E-state index in [1.807, 2.05) is 18.4 Å². The summed E-state index contributed by atoms with van der Waals surface area (Å²) in [5, 5.41) is 3.37. The first kappa shape index (κ1) is 15.2. The number of ether oxygens (including phenoxy) is 1. The lowest BCUT2D eigenvalue weighted by Gasteiger charge is -2.11. The second-order valence-electron chi connectivity index (χ2n) is 4.85. The lowest BCUT2D eigenvalue weighted by Crippen LogP contribution is -2.13. The van der Waals surface area contributed by atoms with Crippen molar-refractivity contribution in [2.45, 2.75) is 25.8 Å². The highest BCUT2D eigenvalue weighted by atomic mass is 32.1. The summed E-state index contributed by atoms with van der Waals surface area (Å²) in [5.74, 6) is 0. The number of rotatable bonds is 7. The summed E-state index contributed by atoms with van der Waals surface area (Å²) < 4.78 is 5.21. The molecule has 0 aliphatic carbocycles. The van der Waals surface area contributed by atoms with E-state index < -0.39 is 0 Å². The number of thiophene rings is 1. The summed E-state index contributed by atoms with van der Waals surface area (Å²) in [4.78, 5) is 2.76. The second-order valence-corrected chi connectivity index (χ2v) is 5.97. The molecule has 2 nitrogen and oxygen atoms in total. The Kier molecular flexibility index (Phi) is 5.77. The van der Waals surface area contributed by atoms with Gasteiger partial charge in [0.1, 0.15) is 0 Å². The van der Waals surface area contributed by atoms with Crippen molar-refractivity contribution >= 4 is 11.3 Å². The zero-order valence-electron chi connectivity index (χ0n) is 12.5. The number of hydrogen-bond acceptors (Lipinski definition) is 3. The minimum Gasteiger partial charge on any atom is -0.384 e. The minimum absolute atomic E-state index is 0.458. The van der Waals surface area contributed by atoms with Gasteiger partial charge in [0.25, 0.3) is 0 Å². The van der Waals surface area contributed by atoms with Crippen LogP contribution in [0.4, 0.5) is 0 Å². The molecule has 1 aromatic heterocycles. The first-order valence-corrected chi connectivity index (χ1v) is 7.96. The van der Waals surface area contributed by atoms with Gasteiger partial charge in [0.2, 0.25) is 0 Å². The van der Waals surface area contributed by atoms with Crippen molar-refractivity contribution in [3.63, 3.8) is 0 Å². The smallest absolute Gasteiger partial charge is 0.0502 e. The molecular formula is C17H23NOS. The van der Waals surface area contributed by atoms with Crippen molar-refractivity contribution in [3.8, 4) is 10.4 Å². The van der Waals surface area contributed by atoms with Crippen LogP contribution in [0.2, 0.25) is 0 Å². The quantitative estimate of drug-likeness (QED) is 0.821. The molecule has 108 valence electrons. The molecule has 0 amide bonds. The Hall–Kier alpha value is -1.16. The van der Waals surface area contributed by atoms with Crippen molar-refractivity contribution in [2.24, 2.45) is 0 Å². The Labute approximate surface area is 125 Å². The van der Waals surface area contributed by atoms with Gasteiger partial charge >= 0.3 is 0 Å². The summed E-state index contributed by atoms with van der Waals surface area (Å²) in [5.41, 5.74) is 2.70. The summed E-state index contributed by atoms with van der Waals surface area (Å²) >= 11 is 1.89. The average molecular weight is 289 g/mol. The summed E-state index contributed by atoms with van der Waals surface area (Å²) in [6.07, 6.45) is 2.07. The van der Waals surface area contributed by atoms with E-state index >= 15 is 0 Å². The molecular weight excluding hydrogens is 266 g/mol. The van der Waals surface area contributed by atoms with Crippen LogP contribution in [0.5, 0.6) is 0 Å². The van der Waals surface area contributed by atoms with E-state index in [0.29, 0.717) is 6.04 Å². The van der Waals surface area contributed by atoms with Gasteiger partial charge in [-0.15, -0.1) is 11.3 Å². The topological polar surface area (TPSA) is 21.3 Å². The monoisotopic (exact) mass is 289 g/mol. The van der Waals surface area contributed by atoms with Crippen molar-refractivity contribution in [1.82, 2.24) is 5.32 Å². The van der Waals surface area contributed by atoms with Gasteiger partial charge in [-0.05, 0) is 43.1 Å². The third kappa shape index (κ3) is 3.48. The van der Waals surface area contributed by atoms with Gasteiger partial charge in [0.15, 0.2) is 0 Å². The van der Waals surface area contributed by atoms with Gasteiger partial charge in [0, 0.05) is 22.9 Å². The summed E-state index contributed by atoms with van der Waals surface area (Å²) in [6.45, 7) is 2.98. The maximum Gasteiger partial charge on any atom is 0.0502 e. The molecule has 2 aromatic rings. The molecule has 2 rings (SSSR count). The van der Waals surface area contributed by atoms with E-state index in [1.54, 1.807) is 7.11 Å². The number of hydrogen-bond donors (Lipinski definition) is 1. The van der Waals surface area contributed by atoms with Crippen molar-refractivity contribution in [3.05, 3.63) is 46.8 Å². The molecule has 0 bridgehead atoms. The van der Waals surface area contributed by atoms with Crippen molar-refractivity contribution in [1.29, 1.82) is 0 Å². The zero-order valence-corrected chi connectivity index (χ0v) is 13.3. The fourth-order valence-electron chi connectivity index (χ4n) is 2.42. The fourth-order valence-corrected chi connectivity index (χ4v) is 3.69. The van der Waals surface area contributed by atoms with E-state index in [1.165, 1.54) is 20.9 Å². The maximum absolute atomic E-state index is 5.21. The van der Waals surface area contributed by atoms with Crippen molar-refractivity contribution in [2.75, 3.05) is 20.8 Å². The number of methoxy groups -OCH3 is 1. The molecule has 1 heterocycles. The van der Waals surface area contributed by atoms with Crippen molar-refractivity contribution < 1.29 is 4.74 Å². The first-order valence-electron chi connectivity index (χ1n) is 7.14. The Morgan fingerprint density at radius 2 is 2.00 bits per heavy atom. The van der Waals surface area contributed by atoms with E-state index in [0.717, 1.165) is 19.4 Å². The highest BCUT2D eigenvalue weighted by Crippen LogP contribution is 2.34. The van der Waals surface area contributed by atoms with E-state index in [9.17, 15) is 0 Å². The average Bonchev–Trinajstić information content (AvgIpc) is 2.96. The van der Waals surface area contributed by atoms with Gasteiger partial charge in [0.05, 0.1) is 6.61 Å². The van der Waals surface area contributed by atoms with Crippen LogP contribution in [-0.2, 0) is 11.2 Å². The lowest BCUT2D eigenvalue weighted by atomic mass is 10.0. The highest BCUT2D eigenvalue weighted by molar-refractivity contribution is 7.15. The largest absolute Gasteiger partial charge is 0.384 e. The van der Waals surface area contributed by atoms with E-state index in [-0.39, 0.29) is 0 Å². The van der Waals surface area contributed by atoms with Crippen LogP contribution in [0.1, 0.15) is 29.8 Å². The normalized spacial score (nSPS) is 12.6. The van der Waals surface area contributed by atoms with Crippen LogP contribution >= 0.6 is 11.3 Å². The van der Waals surface area contributed by atoms with Gasteiger partial charge in [-0.3, -0.25) is 0 Å². The minimum atomic E-state index is 0.458.